The van der Waals surface area contributed by atoms with Crippen LogP contribution in [-0.2, 0) is 11.3 Å². The van der Waals surface area contributed by atoms with Gasteiger partial charge in [-0.05, 0) is 38.4 Å². The molecule has 3 nitrogen and oxygen atoms in total. The zero-order chi connectivity index (χ0) is 13.8. The van der Waals surface area contributed by atoms with Gasteiger partial charge in [-0.3, -0.25) is 9.80 Å². The molecule has 110 valence electrons. The Morgan fingerprint density at radius 3 is 2.30 bits per heavy atom. The zero-order valence-corrected chi connectivity index (χ0v) is 12.6. The molecule has 0 unspecified atom stereocenters. The first-order valence-corrected chi connectivity index (χ1v) is 7.91. The molecule has 2 heterocycles. The number of hydrogen-bond acceptors (Lipinski definition) is 3. The molecule has 0 aliphatic carbocycles. The van der Waals surface area contributed by atoms with Gasteiger partial charge < -0.3 is 4.74 Å². The minimum Gasteiger partial charge on any atom is -0.379 e. The Bertz CT molecular complexity index is 404. The van der Waals surface area contributed by atoms with Crippen LogP contribution >= 0.6 is 0 Å². The van der Waals surface area contributed by atoms with E-state index in [1.165, 1.54) is 37.1 Å². The van der Waals surface area contributed by atoms with Crippen molar-refractivity contribution >= 4 is 0 Å². The van der Waals surface area contributed by atoms with E-state index in [1.54, 1.807) is 0 Å². The number of ether oxygens (including phenoxy) is 1. The lowest BCUT2D eigenvalue weighted by Gasteiger charge is -2.40. The lowest BCUT2D eigenvalue weighted by atomic mass is 10.0. The van der Waals surface area contributed by atoms with Crippen LogP contribution in [0.5, 0.6) is 0 Å². The molecule has 2 aliphatic heterocycles. The molecular formula is C17H26N2O. The van der Waals surface area contributed by atoms with Crippen LogP contribution in [0.25, 0.3) is 0 Å². The van der Waals surface area contributed by atoms with Gasteiger partial charge in [0.1, 0.15) is 0 Å². The summed E-state index contributed by atoms with van der Waals surface area (Å²) in [6.07, 6.45) is 2.62. The summed E-state index contributed by atoms with van der Waals surface area (Å²) in [7, 11) is 0. The van der Waals surface area contributed by atoms with Crippen molar-refractivity contribution in [2.45, 2.75) is 32.4 Å². The molecule has 20 heavy (non-hydrogen) atoms. The summed E-state index contributed by atoms with van der Waals surface area (Å²) in [4.78, 5) is 5.23. The fourth-order valence-corrected chi connectivity index (χ4v) is 3.34. The molecule has 0 N–H and O–H groups in total. The summed E-state index contributed by atoms with van der Waals surface area (Å²) in [5, 5.41) is 0. The fraction of sp³-hybridized carbons (Fsp3) is 0.647. The van der Waals surface area contributed by atoms with Gasteiger partial charge in [-0.25, -0.2) is 0 Å². The molecular weight excluding hydrogens is 248 g/mol. The highest BCUT2D eigenvalue weighted by Crippen LogP contribution is 2.19. The van der Waals surface area contributed by atoms with Gasteiger partial charge >= 0.3 is 0 Å². The number of rotatable bonds is 3. The monoisotopic (exact) mass is 274 g/mol. The Morgan fingerprint density at radius 2 is 1.65 bits per heavy atom. The van der Waals surface area contributed by atoms with Crippen LogP contribution in [0.2, 0.25) is 0 Å². The van der Waals surface area contributed by atoms with Gasteiger partial charge in [-0.2, -0.15) is 0 Å². The molecule has 0 radical (unpaired) electrons. The summed E-state index contributed by atoms with van der Waals surface area (Å²) in [5.74, 6) is 0. The van der Waals surface area contributed by atoms with Gasteiger partial charge in [-0.1, -0.05) is 29.8 Å². The number of likely N-dealkylation sites (tertiary alicyclic amines) is 1. The van der Waals surface area contributed by atoms with E-state index in [0.29, 0.717) is 0 Å². The minimum atomic E-state index is 0.785. The van der Waals surface area contributed by atoms with Crippen molar-refractivity contribution < 1.29 is 4.74 Å². The van der Waals surface area contributed by atoms with Crippen molar-refractivity contribution in [2.75, 3.05) is 39.4 Å². The highest BCUT2D eigenvalue weighted by atomic mass is 16.5. The summed E-state index contributed by atoms with van der Waals surface area (Å²) >= 11 is 0. The Kier molecular flexibility index (Phi) is 4.71. The first-order chi connectivity index (χ1) is 9.81. The van der Waals surface area contributed by atoms with E-state index >= 15 is 0 Å². The highest BCUT2D eigenvalue weighted by Gasteiger charge is 2.25. The van der Waals surface area contributed by atoms with E-state index in [4.69, 9.17) is 4.74 Å². The Hall–Kier alpha value is -0.900. The third-order valence-electron chi connectivity index (χ3n) is 4.65. The first-order valence-electron chi connectivity index (χ1n) is 7.91. The maximum Gasteiger partial charge on any atom is 0.0594 e. The molecule has 1 aromatic carbocycles. The van der Waals surface area contributed by atoms with Crippen molar-refractivity contribution in [1.82, 2.24) is 9.80 Å². The number of morpholine rings is 1. The van der Waals surface area contributed by atoms with Gasteiger partial charge in [0, 0.05) is 25.7 Å². The van der Waals surface area contributed by atoms with Crippen molar-refractivity contribution in [3.8, 4) is 0 Å². The van der Waals surface area contributed by atoms with Gasteiger partial charge in [0.25, 0.3) is 0 Å². The SMILES string of the molecule is Cc1ccc(CN2CCC(N3CCOCC3)CC2)cc1. The minimum absolute atomic E-state index is 0.785. The summed E-state index contributed by atoms with van der Waals surface area (Å²) in [5.41, 5.74) is 2.79. The standard InChI is InChI=1S/C17H26N2O/c1-15-2-4-16(5-3-15)14-18-8-6-17(7-9-18)19-10-12-20-13-11-19/h2-5,17H,6-14H2,1H3. The van der Waals surface area contributed by atoms with Crippen LogP contribution in [0, 0.1) is 6.92 Å². The van der Waals surface area contributed by atoms with Crippen molar-refractivity contribution in [3.05, 3.63) is 35.4 Å². The maximum absolute atomic E-state index is 5.45. The van der Waals surface area contributed by atoms with Crippen LogP contribution in [0.3, 0.4) is 0 Å². The van der Waals surface area contributed by atoms with Crippen LogP contribution in [0.15, 0.2) is 24.3 Å². The number of benzene rings is 1. The maximum atomic E-state index is 5.45. The first kappa shape index (κ1) is 14.1. The molecule has 3 rings (SSSR count). The summed E-state index contributed by atoms with van der Waals surface area (Å²) in [6, 6.07) is 9.76. The topological polar surface area (TPSA) is 15.7 Å². The van der Waals surface area contributed by atoms with Gasteiger partial charge in [0.05, 0.1) is 13.2 Å². The number of piperidine rings is 1. The molecule has 0 spiro atoms. The summed E-state index contributed by atoms with van der Waals surface area (Å²) in [6.45, 7) is 9.82. The second-order valence-corrected chi connectivity index (χ2v) is 6.14. The number of aryl methyl sites for hydroxylation is 1. The average Bonchev–Trinajstić information content (AvgIpc) is 2.51. The zero-order valence-electron chi connectivity index (χ0n) is 12.6. The third-order valence-corrected chi connectivity index (χ3v) is 4.65. The molecule has 0 amide bonds. The second-order valence-electron chi connectivity index (χ2n) is 6.14. The van der Waals surface area contributed by atoms with Crippen LogP contribution < -0.4 is 0 Å². The molecule has 0 atom stereocenters. The van der Waals surface area contributed by atoms with E-state index in [-0.39, 0.29) is 0 Å². The van der Waals surface area contributed by atoms with Crippen molar-refractivity contribution in [3.63, 3.8) is 0 Å². The third kappa shape index (κ3) is 3.60. The number of nitrogens with zero attached hydrogens (tertiary/aromatic N) is 2. The molecule has 0 bridgehead atoms. The van der Waals surface area contributed by atoms with E-state index in [0.717, 1.165) is 38.9 Å². The van der Waals surface area contributed by atoms with E-state index < -0.39 is 0 Å². The second kappa shape index (κ2) is 6.70. The highest BCUT2D eigenvalue weighted by molar-refractivity contribution is 5.21. The molecule has 1 aromatic rings. The Balaban J connectivity index is 1.47. The average molecular weight is 274 g/mol. The molecule has 2 fully saturated rings. The van der Waals surface area contributed by atoms with Gasteiger partial charge in [0.2, 0.25) is 0 Å². The van der Waals surface area contributed by atoms with Gasteiger partial charge in [0.15, 0.2) is 0 Å². The quantitative estimate of drug-likeness (QED) is 0.841. The van der Waals surface area contributed by atoms with Gasteiger partial charge in [-0.15, -0.1) is 0 Å². The predicted molar refractivity (Wildman–Crippen MR) is 81.9 cm³/mol. The smallest absolute Gasteiger partial charge is 0.0594 e. The van der Waals surface area contributed by atoms with E-state index in [2.05, 4.69) is 41.0 Å². The molecule has 2 aliphatic rings. The van der Waals surface area contributed by atoms with Crippen LogP contribution in [0.4, 0.5) is 0 Å². The van der Waals surface area contributed by atoms with Crippen molar-refractivity contribution in [2.24, 2.45) is 0 Å². The molecule has 3 heteroatoms. The predicted octanol–water partition coefficient (Wildman–Crippen LogP) is 2.29. The van der Waals surface area contributed by atoms with Crippen LogP contribution in [-0.4, -0.2) is 55.2 Å². The van der Waals surface area contributed by atoms with Crippen LogP contribution in [0.1, 0.15) is 24.0 Å². The largest absolute Gasteiger partial charge is 0.379 e. The molecule has 2 saturated heterocycles. The van der Waals surface area contributed by atoms with Crippen molar-refractivity contribution in [1.29, 1.82) is 0 Å². The van der Waals surface area contributed by atoms with E-state index in [1.807, 2.05) is 0 Å². The Labute approximate surface area is 122 Å². The lowest BCUT2D eigenvalue weighted by Crippen LogP contribution is -2.48. The normalized spacial score (nSPS) is 23.1. The number of hydrogen-bond donors (Lipinski definition) is 0. The molecule has 0 aromatic heterocycles. The fourth-order valence-electron chi connectivity index (χ4n) is 3.34. The Morgan fingerprint density at radius 1 is 1.00 bits per heavy atom. The molecule has 0 saturated carbocycles. The van der Waals surface area contributed by atoms with E-state index in [9.17, 15) is 0 Å². The lowest BCUT2D eigenvalue weighted by molar-refractivity contribution is 0.000230. The summed E-state index contributed by atoms with van der Waals surface area (Å²) < 4.78 is 5.45.